The lowest BCUT2D eigenvalue weighted by atomic mass is 9.86. The Hall–Kier alpha value is -5.89. The normalized spacial score (nSPS) is 11.5. The number of pyridine rings is 2. The summed E-state index contributed by atoms with van der Waals surface area (Å²) in [6.07, 6.45) is 4.48. The van der Waals surface area contributed by atoms with Crippen LogP contribution in [0.1, 0.15) is 48.1 Å². The predicted molar refractivity (Wildman–Crippen MR) is 192 cm³/mol. The second-order valence-electron chi connectivity index (χ2n) is 12.4. The molecule has 4 N–H and O–H groups in total. The number of nitrogens with zero attached hydrogens (tertiary/aromatic N) is 2. The summed E-state index contributed by atoms with van der Waals surface area (Å²) in [5.74, 6) is 0.193. The van der Waals surface area contributed by atoms with E-state index >= 15 is 0 Å². The number of nitrogens with one attached hydrogen (secondary N) is 3. The van der Waals surface area contributed by atoms with Crippen molar-refractivity contribution < 1.29 is 37.3 Å². The first-order valence-electron chi connectivity index (χ1n) is 15.3. The SMILES string of the molecule is COc1cc(Cc2cc(Oc3ccc(NC(=O)Nc4cc(C(C)(C)C)cc(NS(C)(=O)=O)c4OC)c4ccccc34)ccn2)cnc1C(=O)O. The molecule has 2 amide bonds. The highest BCUT2D eigenvalue weighted by Crippen LogP contribution is 2.40. The number of carboxylic acid groups (broad SMARTS) is 1. The molecule has 14 heteroatoms. The van der Waals surface area contributed by atoms with Crippen LogP contribution in [0.15, 0.2) is 79.1 Å². The van der Waals surface area contributed by atoms with Gasteiger partial charge >= 0.3 is 12.0 Å². The van der Waals surface area contributed by atoms with Gasteiger partial charge in [-0.1, -0.05) is 45.0 Å². The lowest BCUT2D eigenvalue weighted by Crippen LogP contribution is -2.22. The molecule has 0 saturated heterocycles. The zero-order chi connectivity index (χ0) is 36.2. The molecule has 0 aliphatic heterocycles. The van der Waals surface area contributed by atoms with Crippen molar-refractivity contribution >= 4 is 49.9 Å². The van der Waals surface area contributed by atoms with Gasteiger partial charge in [0.15, 0.2) is 17.2 Å². The Morgan fingerprint density at radius 3 is 2.20 bits per heavy atom. The van der Waals surface area contributed by atoms with Crippen LogP contribution in [0.4, 0.5) is 21.9 Å². The number of amides is 2. The average Bonchev–Trinajstić information content (AvgIpc) is 3.04. The average molecular weight is 700 g/mol. The first kappa shape index (κ1) is 35.4. The number of urea groups is 1. The molecule has 0 bridgehead atoms. The molecule has 0 aliphatic rings. The molecule has 13 nitrogen and oxygen atoms in total. The van der Waals surface area contributed by atoms with Crippen LogP contribution in [0.2, 0.25) is 0 Å². The molecular formula is C36H37N5O8S. The number of sulfonamides is 1. The number of rotatable bonds is 11. The number of benzene rings is 3. The Kier molecular flexibility index (Phi) is 10.1. The van der Waals surface area contributed by atoms with Crippen LogP contribution in [0.3, 0.4) is 0 Å². The Balaban J connectivity index is 1.39. The van der Waals surface area contributed by atoms with E-state index in [1.165, 1.54) is 20.4 Å². The number of anilines is 3. The fourth-order valence-electron chi connectivity index (χ4n) is 5.25. The van der Waals surface area contributed by atoms with Crippen LogP contribution in [0, 0.1) is 0 Å². The second-order valence-corrected chi connectivity index (χ2v) is 14.2. The zero-order valence-electron chi connectivity index (χ0n) is 28.3. The molecular weight excluding hydrogens is 662 g/mol. The molecule has 3 aromatic carbocycles. The number of ether oxygens (including phenoxy) is 3. The third kappa shape index (κ3) is 8.39. The predicted octanol–water partition coefficient (Wildman–Crippen LogP) is 7.04. The van der Waals surface area contributed by atoms with E-state index in [2.05, 4.69) is 25.3 Å². The number of carbonyl (C=O) groups excluding carboxylic acids is 1. The van der Waals surface area contributed by atoms with Crippen molar-refractivity contribution in [2.24, 2.45) is 0 Å². The van der Waals surface area contributed by atoms with E-state index in [0.717, 1.165) is 17.2 Å². The van der Waals surface area contributed by atoms with Crippen molar-refractivity contribution in [3.05, 3.63) is 102 Å². The smallest absolute Gasteiger partial charge is 0.358 e. The maximum Gasteiger partial charge on any atom is 0.358 e. The maximum absolute atomic E-state index is 13.4. The summed E-state index contributed by atoms with van der Waals surface area (Å²) in [4.78, 5) is 33.3. The molecule has 0 saturated carbocycles. The van der Waals surface area contributed by atoms with Crippen LogP contribution in [-0.2, 0) is 21.9 Å². The largest absolute Gasteiger partial charge is 0.494 e. The lowest BCUT2D eigenvalue weighted by Gasteiger charge is -2.24. The first-order valence-corrected chi connectivity index (χ1v) is 17.2. The van der Waals surface area contributed by atoms with Crippen LogP contribution in [-0.4, -0.2) is 56.0 Å². The van der Waals surface area contributed by atoms with Gasteiger partial charge in [-0.25, -0.2) is 23.0 Å². The molecule has 2 aromatic heterocycles. The third-order valence-electron chi connectivity index (χ3n) is 7.57. The monoisotopic (exact) mass is 699 g/mol. The van der Waals surface area contributed by atoms with E-state index in [-0.39, 0.29) is 34.0 Å². The van der Waals surface area contributed by atoms with Crippen LogP contribution in [0.25, 0.3) is 10.8 Å². The minimum atomic E-state index is -3.64. The molecule has 0 radical (unpaired) electrons. The number of carbonyl (C=O) groups is 2. The standard InChI is InChI=1S/C36H37N5O8S/c1-36(2,3)22-17-28(33(48-5)29(18-22)41-50(6,45)46)40-35(44)39-27-11-12-30(26-10-8-7-9-25(26)27)49-24-13-14-37-23(19-24)15-21-16-31(47-4)32(34(42)43)38-20-21/h7-14,16-20,41H,15H2,1-6H3,(H,42,43)(H2,39,40,44). The maximum atomic E-state index is 13.4. The lowest BCUT2D eigenvalue weighted by molar-refractivity contribution is 0.0686. The minimum Gasteiger partial charge on any atom is -0.494 e. The molecule has 260 valence electrons. The number of fused-ring (bicyclic) bond motifs is 1. The van der Waals surface area contributed by atoms with E-state index in [4.69, 9.17) is 14.2 Å². The van der Waals surface area contributed by atoms with E-state index in [1.807, 2.05) is 45.0 Å². The third-order valence-corrected chi connectivity index (χ3v) is 8.16. The summed E-state index contributed by atoms with van der Waals surface area (Å²) in [5.41, 5.74) is 2.60. The van der Waals surface area contributed by atoms with E-state index in [0.29, 0.717) is 40.3 Å². The minimum absolute atomic E-state index is 0.155. The number of aromatic nitrogens is 2. The van der Waals surface area contributed by atoms with Crippen LogP contribution in [0.5, 0.6) is 23.0 Å². The summed E-state index contributed by atoms with van der Waals surface area (Å²) in [7, 11) is -0.856. The van der Waals surface area contributed by atoms with Gasteiger partial charge in [-0.05, 0) is 52.9 Å². The van der Waals surface area contributed by atoms with Gasteiger partial charge in [0.05, 0.1) is 37.5 Å². The highest BCUT2D eigenvalue weighted by Gasteiger charge is 2.23. The summed E-state index contributed by atoms with van der Waals surface area (Å²) in [6, 6.07) is 18.9. The van der Waals surface area contributed by atoms with Crippen LogP contribution >= 0.6 is 0 Å². The molecule has 5 aromatic rings. The van der Waals surface area contributed by atoms with Crippen molar-refractivity contribution in [3.8, 4) is 23.0 Å². The van der Waals surface area contributed by atoms with Gasteiger partial charge in [-0.15, -0.1) is 0 Å². The molecule has 2 heterocycles. The molecule has 5 rings (SSSR count). The Morgan fingerprint density at radius 1 is 0.840 bits per heavy atom. The quantitative estimate of drug-likeness (QED) is 0.112. The number of aromatic carboxylic acids is 1. The number of hydrogen-bond acceptors (Lipinski definition) is 9. The summed E-state index contributed by atoms with van der Waals surface area (Å²) >= 11 is 0. The topological polar surface area (TPSA) is 178 Å². The van der Waals surface area contributed by atoms with Crippen molar-refractivity contribution in [2.45, 2.75) is 32.6 Å². The number of hydrogen-bond donors (Lipinski definition) is 4. The number of methoxy groups -OCH3 is 2. The summed E-state index contributed by atoms with van der Waals surface area (Å²) in [5, 5.41) is 16.5. The molecule has 0 spiro atoms. The molecule has 50 heavy (non-hydrogen) atoms. The molecule has 0 fully saturated rings. The van der Waals surface area contributed by atoms with Gasteiger partial charge in [0.1, 0.15) is 11.5 Å². The molecule has 0 aliphatic carbocycles. The Labute approximate surface area is 289 Å². The fraction of sp³-hybridized carbons (Fsp3) is 0.222. The Morgan fingerprint density at radius 2 is 1.54 bits per heavy atom. The second kappa shape index (κ2) is 14.3. The van der Waals surface area contributed by atoms with Gasteiger partial charge in [-0.2, -0.15) is 0 Å². The Bertz CT molecular complexity index is 2200. The molecule has 0 atom stereocenters. The number of carboxylic acids is 1. The van der Waals surface area contributed by atoms with Crippen molar-refractivity contribution in [1.29, 1.82) is 0 Å². The van der Waals surface area contributed by atoms with E-state index in [9.17, 15) is 23.1 Å². The van der Waals surface area contributed by atoms with Crippen molar-refractivity contribution in [2.75, 3.05) is 35.8 Å². The molecule has 0 unspecified atom stereocenters. The summed E-state index contributed by atoms with van der Waals surface area (Å²) < 4.78 is 43.7. The highest BCUT2D eigenvalue weighted by molar-refractivity contribution is 7.92. The van der Waals surface area contributed by atoms with Crippen molar-refractivity contribution in [3.63, 3.8) is 0 Å². The van der Waals surface area contributed by atoms with Gasteiger partial charge in [0, 0.05) is 41.3 Å². The van der Waals surface area contributed by atoms with Crippen LogP contribution < -0.4 is 29.6 Å². The van der Waals surface area contributed by atoms with Gasteiger partial charge < -0.3 is 30.0 Å². The van der Waals surface area contributed by atoms with E-state index < -0.39 is 22.0 Å². The van der Waals surface area contributed by atoms with Crippen molar-refractivity contribution in [1.82, 2.24) is 9.97 Å². The fourth-order valence-corrected chi connectivity index (χ4v) is 5.80. The van der Waals surface area contributed by atoms with Gasteiger partial charge in [-0.3, -0.25) is 9.71 Å². The summed E-state index contributed by atoms with van der Waals surface area (Å²) in [6.45, 7) is 5.92. The van der Waals surface area contributed by atoms with Gasteiger partial charge in [0.25, 0.3) is 0 Å². The highest BCUT2D eigenvalue weighted by atomic mass is 32.2. The zero-order valence-corrected chi connectivity index (χ0v) is 29.1. The van der Waals surface area contributed by atoms with Gasteiger partial charge in [0.2, 0.25) is 10.0 Å². The van der Waals surface area contributed by atoms with E-state index in [1.54, 1.807) is 48.7 Å². The first-order chi connectivity index (χ1) is 23.6.